The first-order valence-corrected chi connectivity index (χ1v) is 5.05. The fourth-order valence-electron chi connectivity index (χ4n) is 1.38. The zero-order valence-electron chi connectivity index (χ0n) is 9.49. The van der Waals surface area contributed by atoms with Crippen molar-refractivity contribution >= 4 is 5.69 Å². The summed E-state index contributed by atoms with van der Waals surface area (Å²) in [7, 11) is 4.08. The molecule has 0 aliphatic carbocycles. The molecule has 1 atom stereocenters. The molecule has 1 aromatic carbocycles. The summed E-state index contributed by atoms with van der Waals surface area (Å²) >= 11 is 0. The van der Waals surface area contributed by atoms with Gasteiger partial charge in [0, 0.05) is 25.8 Å². The Morgan fingerprint density at radius 1 is 1.07 bits per heavy atom. The van der Waals surface area contributed by atoms with E-state index in [9.17, 15) is 0 Å². The zero-order valence-corrected chi connectivity index (χ0v) is 9.49. The van der Waals surface area contributed by atoms with Crippen LogP contribution in [0.4, 0.5) is 5.69 Å². The van der Waals surface area contributed by atoms with E-state index in [2.05, 4.69) is 43.0 Å². The highest BCUT2D eigenvalue weighted by Gasteiger charge is 2.09. The Balaban J connectivity index is 2.83. The molecule has 2 nitrogen and oxygen atoms in total. The van der Waals surface area contributed by atoms with Crippen molar-refractivity contribution in [2.24, 2.45) is 11.7 Å². The predicted molar refractivity (Wildman–Crippen MR) is 62.5 cm³/mol. The van der Waals surface area contributed by atoms with E-state index >= 15 is 0 Å². The molecule has 0 amide bonds. The molecule has 1 aromatic rings. The molecule has 0 saturated heterocycles. The molecule has 0 heterocycles. The van der Waals surface area contributed by atoms with Crippen LogP contribution in [0.1, 0.15) is 25.5 Å². The number of nitrogens with zero attached hydrogens (tertiary/aromatic N) is 1. The topological polar surface area (TPSA) is 29.3 Å². The molecular weight excluding hydrogens is 172 g/mol. The molecule has 1 rings (SSSR count). The molecule has 2 heteroatoms. The third-order valence-corrected chi connectivity index (χ3v) is 2.51. The number of benzene rings is 1. The Morgan fingerprint density at radius 2 is 1.57 bits per heavy atom. The van der Waals surface area contributed by atoms with Gasteiger partial charge < -0.3 is 10.6 Å². The first-order chi connectivity index (χ1) is 6.52. The lowest BCUT2D eigenvalue weighted by molar-refractivity contribution is 0.514. The molecule has 78 valence electrons. The van der Waals surface area contributed by atoms with Crippen LogP contribution < -0.4 is 10.6 Å². The first kappa shape index (κ1) is 11.1. The fourth-order valence-corrected chi connectivity index (χ4v) is 1.38. The molecule has 14 heavy (non-hydrogen) atoms. The van der Waals surface area contributed by atoms with Crippen molar-refractivity contribution in [3.8, 4) is 0 Å². The summed E-state index contributed by atoms with van der Waals surface area (Å²) in [4.78, 5) is 2.09. The second-order valence-electron chi connectivity index (χ2n) is 4.26. The van der Waals surface area contributed by atoms with Gasteiger partial charge in [-0.1, -0.05) is 26.0 Å². The maximum Gasteiger partial charge on any atom is 0.0361 e. The molecule has 0 spiro atoms. The van der Waals surface area contributed by atoms with Gasteiger partial charge in [-0.3, -0.25) is 0 Å². The molecule has 0 unspecified atom stereocenters. The van der Waals surface area contributed by atoms with Gasteiger partial charge in [-0.05, 0) is 23.6 Å². The Bertz CT molecular complexity index is 275. The highest BCUT2D eigenvalue weighted by molar-refractivity contribution is 5.46. The monoisotopic (exact) mass is 192 g/mol. The largest absolute Gasteiger partial charge is 0.378 e. The van der Waals surface area contributed by atoms with Crippen molar-refractivity contribution in [1.29, 1.82) is 0 Å². The van der Waals surface area contributed by atoms with Crippen molar-refractivity contribution < 1.29 is 0 Å². The third-order valence-electron chi connectivity index (χ3n) is 2.51. The molecule has 2 N–H and O–H groups in total. The van der Waals surface area contributed by atoms with Crippen molar-refractivity contribution in [2.45, 2.75) is 19.9 Å². The standard InChI is InChI=1S/C12H20N2/c1-9(2)12(13)10-5-7-11(8-6-10)14(3)4/h5-9,12H,13H2,1-4H3/t12-/m1/s1. The maximum absolute atomic E-state index is 6.05. The predicted octanol–water partition coefficient (Wildman–Crippen LogP) is 2.41. The zero-order chi connectivity index (χ0) is 10.7. The van der Waals surface area contributed by atoms with Crippen LogP contribution in [-0.2, 0) is 0 Å². The summed E-state index contributed by atoms with van der Waals surface area (Å²) < 4.78 is 0. The summed E-state index contributed by atoms with van der Waals surface area (Å²) in [5.74, 6) is 0.486. The van der Waals surface area contributed by atoms with Gasteiger partial charge in [0.1, 0.15) is 0 Å². The lowest BCUT2D eigenvalue weighted by Crippen LogP contribution is -2.17. The molecule has 0 aromatic heterocycles. The van der Waals surface area contributed by atoms with E-state index in [0.717, 1.165) is 0 Å². The second kappa shape index (κ2) is 4.47. The Morgan fingerprint density at radius 3 is 1.93 bits per heavy atom. The van der Waals surface area contributed by atoms with Crippen molar-refractivity contribution in [2.75, 3.05) is 19.0 Å². The van der Waals surface area contributed by atoms with Crippen molar-refractivity contribution in [1.82, 2.24) is 0 Å². The van der Waals surface area contributed by atoms with Crippen LogP contribution in [-0.4, -0.2) is 14.1 Å². The van der Waals surface area contributed by atoms with E-state index in [1.165, 1.54) is 11.3 Å². The molecule has 0 aliphatic heterocycles. The SMILES string of the molecule is CC(C)[C@@H](N)c1ccc(N(C)C)cc1. The van der Waals surface area contributed by atoms with Gasteiger partial charge in [-0.25, -0.2) is 0 Å². The average molecular weight is 192 g/mol. The average Bonchev–Trinajstić information content (AvgIpc) is 2.16. The summed E-state index contributed by atoms with van der Waals surface area (Å²) in [6, 6.07) is 8.58. The Hall–Kier alpha value is -1.02. The molecule has 0 bridgehead atoms. The van der Waals surface area contributed by atoms with Crippen LogP contribution in [0.15, 0.2) is 24.3 Å². The molecule has 0 saturated carbocycles. The first-order valence-electron chi connectivity index (χ1n) is 5.05. The van der Waals surface area contributed by atoms with Crippen LogP contribution in [0.3, 0.4) is 0 Å². The minimum atomic E-state index is 0.145. The van der Waals surface area contributed by atoms with Gasteiger partial charge >= 0.3 is 0 Å². The third kappa shape index (κ3) is 2.48. The van der Waals surface area contributed by atoms with Gasteiger partial charge in [0.2, 0.25) is 0 Å². The van der Waals surface area contributed by atoms with E-state index in [-0.39, 0.29) is 6.04 Å². The van der Waals surface area contributed by atoms with E-state index in [4.69, 9.17) is 5.73 Å². The van der Waals surface area contributed by atoms with E-state index < -0.39 is 0 Å². The number of hydrogen-bond acceptors (Lipinski definition) is 2. The Kier molecular flexibility index (Phi) is 3.53. The van der Waals surface area contributed by atoms with Crippen molar-refractivity contribution in [3.63, 3.8) is 0 Å². The number of rotatable bonds is 3. The van der Waals surface area contributed by atoms with Gasteiger partial charge in [-0.15, -0.1) is 0 Å². The summed E-state index contributed by atoms with van der Waals surface area (Å²) in [6.07, 6.45) is 0. The highest BCUT2D eigenvalue weighted by atomic mass is 15.1. The van der Waals surface area contributed by atoms with Crippen LogP contribution in [0.5, 0.6) is 0 Å². The molecule has 0 radical (unpaired) electrons. The highest BCUT2D eigenvalue weighted by Crippen LogP contribution is 2.21. The quantitative estimate of drug-likeness (QED) is 0.797. The lowest BCUT2D eigenvalue weighted by Gasteiger charge is -2.18. The molecular formula is C12H20N2. The van der Waals surface area contributed by atoms with Gasteiger partial charge in [0.25, 0.3) is 0 Å². The maximum atomic E-state index is 6.05. The fraction of sp³-hybridized carbons (Fsp3) is 0.500. The van der Waals surface area contributed by atoms with Crippen molar-refractivity contribution in [3.05, 3.63) is 29.8 Å². The van der Waals surface area contributed by atoms with Crippen LogP contribution in [0, 0.1) is 5.92 Å². The molecule has 0 aliphatic rings. The molecule has 0 fully saturated rings. The minimum absolute atomic E-state index is 0.145. The summed E-state index contributed by atoms with van der Waals surface area (Å²) in [6.45, 7) is 4.29. The number of hydrogen-bond donors (Lipinski definition) is 1. The number of anilines is 1. The van der Waals surface area contributed by atoms with E-state index in [1.807, 2.05) is 14.1 Å². The number of nitrogens with two attached hydrogens (primary N) is 1. The van der Waals surface area contributed by atoms with Crippen LogP contribution in [0.25, 0.3) is 0 Å². The van der Waals surface area contributed by atoms with E-state index in [0.29, 0.717) is 5.92 Å². The summed E-state index contributed by atoms with van der Waals surface area (Å²) in [5, 5.41) is 0. The van der Waals surface area contributed by atoms with Gasteiger partial charge in [0.15, 0.2) is 0 Å². The Labute approximate surface area is 86.7 Å². The second-order valence-corrected chi connectivity index (χ2v) is 4.26. The van der Waals surface area contributed by atoms with Crippen LogP contribution >= 0.6 is 0 Å². The van der Waals surface area contributed by atoms with Gasteiger partial charge in [0.05, 0.1) is 0 Å². The summed E-state index contributed by atoms with van der Waals surface area (Å²) in [5.41, 5.74) is 8.48. The lowest BCUT2D eigenvalue weighted by atomic mass is 9.97. The minimum Gasteiger partial charge on any atom is -0.378 e. The smallest absolute Gasteiger partial charge is 0.0361 e. The van der Waals surface area contributed by atoms with Gasteiger partial charge in [-0.2, -0.15) is 0 Å². The normalized spacial score (nSPS) is 13.0. The van der Waals surface area contributed by atoms with Crippen LogP contribution in [0.2, 0.25) is 0 Å². The van der Waals surface area contributed by atoms with E-state index in [1.54, 1.807) is 0 Å².